The van der Waals surface area contributed by atoms with E-state index in [9.17, 15) is 4.79 Å². The number of imidazole rings is 1. The van der Waals surface area contributed by atoms with Crippen molar-refractivity contribution in [2.75, 3.05) is 0 Å². The second kappa shape index (κ2) is 6.69. The Balaban J connectivity index is 1.84. The lowest BCUT2D eigenvalue weighted by Gasteiger charge is -2.24. The molecule has 0 unspecified atom stereocenters. The Hall–Kier alpha value is -1.91. The summed E-state index contributed by atoms with van der Waals surface area (Å²) in [4.78, 5) is 21.7. The van der Waals surface area contributed by atoms with Crippen LogP contribution in [-0.2, 0) is 4.79 Å². The molecule has 1 N–H and O–H groups in total. The van der Waals surface area contributed by atoms with Crippen LogP contribution in [0.15, 0.2) is 18.3 Å². The van der Waals surface area contributed by atoms with Crippen LogP contribution in [0.2, 0.25) is 0 Å². The van der Waals surface area contributed by atoms with Crippen LogP contribution in [0.3, 0.4) is 0 Å². The number of fused-ring (bicyclic) bond motifs is 1. The molecule has 1 amide bonds. The molecule has 0 radical (unpaired) electrons. The average molecular weight is 314 g/mol. The summed E-state index contributed by atoms with van der Waals surface area (Å²) in [6.07, 6.45) is 7.41. The third-order valence-electron chi connectivity index (χ3n) is 4.71. The Morgan fingerprint density at radius 3 is 2.70 bits per heavy atom. The van der Waals surface area contributed by atoms with Crippen molar-refractivity contribution in [1.82, 2.24) is 19.9 Å². The van der Waals surface area contributed by atoms with E-state index in [1.165, 1.54) is 19.3 Å². The van der Waals surface area contributed by atoms with Gasteiger partial charge in [0.2, 0.25) is 5.91 Å². The summed E-state index contributed by atoms with van der Waals surface area (Å²) < 4.78 is 2.13. The van der Waals surface area contributed by atoms with Gasteiger partial charge in [-0.2, -0.15) is 0 Å². The molecule has 0 spiro atoms. The third-order valence-corrected chi connectivity index (χ3v) is 4.71. The molecule has 0 aromatic carbocycles. The molecule has 0 saturated heterocycles. The Morgan fingerprint density at radius 1 is 1.26 bits per heavy atom. The van der Waals surface area contributed by atoms with Crippen LogP contribution in [0.25, 0.3) is 11.2 Å². The van der Waals surface area contributed by atoms with Crippen molar-refractivity contribution in [3.8, 4) is 0 Å². The van der Waals surface area contributed by atoms with Crippen LogP contribution in [0.1, 0.15) is 70.8 Å². The van der Waals surface area contributed by atoms with E-state index in [2.05, 4.69) is 28.7 Å². The molecule has 1 atom stereocenters. The fourth-order valence-corrected chi connectivity index (χ4v) is 3.52. The molecule has 2 heterocycles. The van der Waals surface area contributed by atoms with E-state index in [-0.39, 0.29) is 23.9 Å². The summed E-state index contributed by atoms with van der Waals surface area (Å²) in [5, 5.41) is 3.17. The molecule has 1 saturated carbocycles. The van der Waals surface area contributed by atoms with E-state index < -0.39 is 0 Å². The maximum Gasteiger partial charge on any atom is 0.223 e. The molecule has 2 aromatic rings. The van der Waals surface area contributed by atoms with E-state index in [0.29, 0.717) is 0 Å². The Kier molecular flexibility index (Phi) is 4.64. The zero-order valence-corrected chi connectivity index (χ0v) is 14.2. The van der Waals surface area contributed by atoms with Crippen molar-refractivity contribution in [3.63, 3.8) is 0 Å². The first-order chi connectivity index (χ1) is 11.1. The monoisotopic (exact) mass is 314 g/mol. The summed E-state index contributed by atoms with van der Waals surface area (Å²) in [5.74, 6) is 1.23. The molecule has 1 fully saturated rings. The highest BCUT2D eigenvalue weighted by molar-refractivity contribution is 5.79. The minimum atomic E-state index is -0.110. The maximum atomic E-state index is 12.5. The van der Waals surface area contributed by atoms with Crippen LogP contribution in [-0.4, -0.2) is 20.4 Å². The lowest BCUT2D eigenvalue weighted by molar-refractivity contribution is -0.126. The Morgan fingerprint density at radius 2 is 2.00 bits per heavy atom. The average Bonchev–Trinajstić information content (AvgIpc) is 2.95. The van der Waals surface area contributed by atoms with Crippen LogP contribution < -0.4 is 5.32 Å². The van der Waals surface area contributed by atoms with Gasteiger partial charge in [-0.15, -0.1) is 0 Å². The molecule has 5 nitrogen and oxygen atoms in total. The number of pyridine rings is 1. The highest BCUT2D eigenvalue weighted by Gasteiger charge is 2.25. The van der Waals surface area contributed by atoms with E-state index >= 15 is 0 Å². The number of aromatic nitrogens is 3. The van der Waals surface area contributed by atoms with Gasteiger partial charge in [-0.05, 0) is 45.7 Å². The fraction of sp³-hybridized carbons (Fsp3) is 0.611. The number of rotatable bonds is 4. The molecule has 23 heavy (non-hydrogen) atoms. The number of nitrogens with one attached hydrogen (secondary N) is 1. The molecule has 1 aliphatic carbocycles. The Bertz CT molecular complexity index is 685. The highest BCUT2D eigenvalue weighted by atomic mass is 16.1. The first-order valence-corrected chi connectivity index (χ1v) is 8.71. The predicted octanol–water partition coefficient (Wildman–Crippen LogP) is 3.77. The quantitative estimate of drug-likeness (QED) is 0.934. The molecular formula is C18H26N4O. The minimum Gasteiger partial charge on any atom is -0.346 e. The lowest BCUT2D eigenvalue weighted by atomic mass is 9.88. The Labute approximate surface area is 137 Å². The van der Waals surface area contributed by atoms with Crippen LogP contribution in [0, 0.1) is 5.92 Å². The summed E-state index contributed by atoms with van der Waals surface area (Å²) in [6.45, 7) is 6.25. The molecular weight excluding hydrogens is 288 g/mol. The van der Waals surface area contributed by atoms with Gasteiger partial charge in [0, 0.05) is 18.2 Å². The topological polar surface area (TPSA) is 59.8 Å². The minimum absolute atomic E-state index is 0.110. The zero-order chi connectivity index (χ0) is 16.4. The van der Waals surface area contributed by atoms with Crippen molar-refractivity contribution in [2.24, 2.45) is 5.92 Å². The van der Waals surface area contributed by atoms with Crippen molar-refractivity contribution in [2.45, 2.75) is 65.0 Å². The predicted molar refractivity (Wildman–Crippen MR) is 91.0 cm³/mol. The van der Waals surface area contributed by atoms with Gasteiger partial charge in [0.15, 0.2) is 5.65 Å². The van der Waals surface area contributed by atoms with Crippen molar-refractivity contribution < 1.29 is 4.79 Å². The van der Waals surface area contributed by atoms with Crippen molar-refractivity contribution >= 4 is 17.1 Å². The van der Waals surface area contributed by atoms with Gasteiger partial charge in [-0.1, -0.05) is 19.3 Å². The molecule has 1 aliphatic rings. The van der Waals surface area contributed by atoms with Gasteiger partial charge in [0.1, 0.15) is 11.3 Å². The number of nitrogens with zero attached hydrogens (tertiary/aromatic N) is 3. The summed E-state index contributed by atoms with van der Waals surface area (Å²) >= 11 is 0. The number of amides is 1. The maximum absolute atomic E-state index is 12.5. The molecule has 5 heteroatoms. The van der Waals surface area contributed by atoms with Gasteiger partial charge < -0.3 is 9.88 Å². The molecule has 0 aliphatic heterocycles. The van der Waals surface area contributed by atoms with Crippen molar-refractivity contribution in [1.29, 1.82) is 0 Å². The van der Waals surface area contributed by atoms with Crippen molar-refractivity contribution in [3.05, 3.63) is 24.2 Å². The summed E-state index contributed by atoms with van der Waals surface area (Å²) in [6, 6.07) is 4.01. The van der Waals surface area contributed by atoms with Gasteiger partial charge in [0.05, 0.1) is 6.04 Å². The normalized spacial score (nSPS) is 17.6. The van der Waals surface area contributed by atoms with Gasteiger partial charge in [-0.25, -0.2) is 9.97 Å². The van der Waals surface area contributed by atoms with Crippen LogP contribution >= 0.6 is 0 Å². The van der Waals surface area contributed by atoms with E-state index in [1.807, 2.05) is 19.1 Å². The van der Waals surface area contributed by atoms with E-state index in [0.717, 1.165) is 29.8 Å². The molecule has 3 rings (SSSR count). The third kappa shape index (κ3) is 3.23. The molecule has 2 aromatic heterocycles. The van der Waals surface area contributed by atoms with E-state index in [1.54, 1.807) is 6.20 Å². The number of hydrogen-bond donors (Lipinski definition) is 1. The lowest BCUT2D eigenvalue weighted by Crippen LogP contribution is -2.35. The van der Waals surface area contributed by atoms with Gasteiger partial charge in [-0.3, -0.25) is 4.79 Å². The highest BCUT2D eigenvalue weighted by Crippen LogP contribution is 2.26. The second-order valence-electron chi connectivity index (χ2n) is 6.85. The van der Waals surface area contributed by atoms with Gasteiger partial charge >= 0.3 is 0 Å². The fourth-order valence-electron chi connectivity index (χ4n) is 3.52. The van der Waals surface area contributed by atoms with E-state index in [4.69, 9.17) is 4.98 Å². The molecule has 0 bridgehead atoms. The number of hydrogen-bond acceptors (Lipinski definition) is 3. The smallest absolute Gasteiger partial charge is 0.223 e. The summed E-state index contributed by atoms with van der Waals surface area (Å²) in [5.41, 5.74) is 1.77. The molecule has 124 valence electrons. The van der Waals surface area contributed by atoms with Gasteiger partial charge in [0.25, 0.3) is 0 Å². The van der Waals surface area contributed by atoms with Crippen LogP contribution in [0.5, 0.6) is 0 Å². The first-order valence-electron chi connectivity index (χ1n) is 8.71. The summed E-state index contributed by atoms with van der Waals surface area (Å²) in [7, 11) is 0. The number of carbonyl (C=O) groups is 1. The second-order valence-corrected chi connectivity index (χ2v) is 6.85. The largest absolute Gasteiger partial charge is 0.346 e. The number of carbonyl (C=O) groups excluding carboxylic acids is 1. The zero-order valence-electron chi connectivity index (χ0n) is 14.2. The standard InChI is InChI=1S/C18H26N4O/c1-12(2)22-16(21-15-10-7-11-19-17(15)22)13(3)20-18(23)14-8-5-4-6-9-14/h7,10-14H,4-6,8-9H2,1-3H3,(H,20,23)/t13-/m0/s1. The first kappa shape index (κ1) is 16.0. The van der Waals surface area contributed by atoms with Crippen LogP contribution in [0.4, 0.5) is 0 Å². The SMILES string of the molecule is CC(C)n1c([C@H](C)NC(=O)C2CCCCC2)nc2cccnc21.